The molecule has 0 aliphatic carbocycles. The summed E-state index contributed by atoms with van der Waals surface area (Å²) in [5.74, 6) is 0.699. The van der Waals surface area contributed by atoms with Gasteiger partial charge in [0.05, 0.1) is 11.3 Å². The Morgan fingerprint density at radius 1 is 1.18 bits per heavy atom. The lowest BCUT2D eigenvalue weighted by Crippen LogP contribution is -2.38. The van der Waals surface area contributed by atoms with Crippen LogP contribution in [-0.2, 0) is 16.1 Å². The summed E-state index contributed by atoms with van der Waals surface area (Å²) in [5, 5.41) is 17.2. The van der Waals surface area contributed by atoms with E-state index in [1.165, 1.54) is 18.3 Å². The second-order valence-electron chi connectivity index (χ2n) is 7.91. The Morgan fingerprint density at radius 2 is 1.94 bits per heavy atom. The average Bonchev–Trinajstić information content (AvgIpc) is 3.31. The van der Waals surface area contributed by atoms with Crippen LogP contribution in [0.2, 0.25) is 0 Å². The number of aromatic nitrogens is 2. The van der Waals surface area contributed by atoms with Crippen LogP contribution < -0.4 is 15.5 Å². The predicted molar refractivity (Wildman–Crippen MR) is 128 cm³/mol. The fourth-order valence-corrected chi connectivity index (χ4v) is 4.42. The molecule has 4 rings (SSSR count). The first-order valence-corrected chi connectivity index (χ1v) is 11.6. The Balaban J connectivity index is 1.30. The molecule has 3 aromatic rings. The fourth-order valence-electron chi connectivity index (χ4n) is 3.70. The number of rotatable bonds is 6. The predicted octanol–water partition coefficient (Wildman–Crippen LogP) is 3.57. The highest BCUT2D eigenvalue weighted by Gasteiger charge is 2.26. The van der Waals surface area contributed by atoms with Crippen molar-refractivity contribution in [2.75, 3.05) is 23.3 Å². The van der Waals surface area contributed by atoms with Crippen LogP contribution in [0, 0.1) is 17.2 Å². The van der Waals surface area contributed by atoms with E-state index in [0.29, 0.717) is 17.2 Å². The van der Waals surface area contributed by atoms with E-state index in [9.17, 15) is 9.59 Å². The second kappa shape index (κ2) is 10.2. The standard InChI is InChI=1S/C24H24N6O2S/c1-16(31)26-13-17-2-5-19(6-3-17)21-15-33-24(28-21)29-23(32)20-8-10-30(11-9-20)22-7-4-18(12-25)14-27-22/h2-7,14-15,20H,8-11,13H2,1H3,(H,26,31)(H,28,29,32). The van der Waals surface area contributed by atoms with Gasteiger partial charge in [0.2, 0.25) is 11.8 Å². The summed E-state index contributed by atoms with van der Waals surface area (Å²) in [6.45, 7) is 3.47. The number of thiazole rings is 1. The minimum Gasteiger partial charge on any atom is -0.357 e. The van der Waals surface area contributed by atoms with E-state index in [1.54, 1.807) is 12.3 Å². The number of nitriles is 1. The molecule has 1 saturated heterocycles. The number of nitrogens with one attached hydrogen (secondary N) is 2. The van der Waals surface area contributed by atoms with Gasteiger partial charge in [-0.15, -0.1) is 11.3 Å². The molecule has 3 heterocycles. The number of nitrogens with zero attached hydrogens (tertiary/aromatic N) is 4. The average molecular weight is 461 g/mol. The third-order valence-electron chi connectivity index (χ3n) is 5.59. The number of piperidine rings is 1. The summed E-state index contributed by atoms with van der Waals surface area (Å²) in [5.41, 5.74) is 3.32. The Hall–Kier alpha value is -3.77. The summed E-state index contributed by atoms with van der Waals surface area (Å²) in [7, 11) is 0. The van der Waals surface area contributed by atoms with Crippen LogP contribution in [0.15, 0.2) is 48.0 Å². The molecule has 1 aliphatic heterocycles. The van der Waals surface area contributed by atoms with Crippen molar-refractivity contribution in [1.29, 1.82) is 5.26 Å². The highest BCUT2D eigenvalue weighted by molar-refractivity contribution is 7.14. The van der Waals surface area contributed by atoms with Crippen LogP contribution >= 0.6 is 11.3 Å². The van der Waals surface area contributed by atoms with E-state index in [0.717, 1.165) is 48.6 Å². The van der Waals surface area contributed by atoms with Gasteiger partial charge in [-0.2, -0.15) is 5.26 Å². The molecule has 0 bridgehead atoms. The molecule has 33 heavy (non-hydrogen) atoms. The van der Waals surface area contributed by atoms with Gasteiger partial charge in [-0.05, 0) is 30.5 Å². The zero-order valence-corrected chi connectivity index (χ0v) is 19.1. The summed E-state index contributed by atoms with van der Waals surface area (Å²) >= 11 is 1.41. The zero-order valence-electron chi connectivity index (χ0n) is 18.2. The lowest BCUT2D eigenvalue weighted by atomic mass is 9.96. The SMILES string of the molecule is CC(=O)NCc1ccc(-c2csc(NC(=O)C3CCN(c4ccc(C#N)cn4)CC3)n2)cc1. The largest absolute Gasteiger partial charge is 0.357 e. The number of pyridine rings is 1. The number of amides is 2. The molecule has 2 aromatic heterocycles. The van der Waals surface area contributed by atoms with Gasteiger partial charge in [0.15, 0.2) is 5.13 Å². The van der Waals surface area contributed by atoms with Gasteiger partial charge in [-0.1, -0.05) is 24.3 Å². The molecule has 1 fully saturated rings. The maximum absolute atomic E-state index is 12.8. The molecule has 0 spiro atoms. The number of carbonyl (C=O) groups is 2. The van der Waals surface area contributed by atoms with Gasteiger partial charge in [0.1, 0.15) is 11.9 Å². The smallest absolute Gasteiger partial charge is 0.229 e. The van der Waals surface area contributed by atoms with Gasteiger partial charge in [0, 0.05) is 49.6 Å². The molecule has 0 atom stereocenters. The molecular formula is C24H24N6O2S. The third kappa shape index (κ3) is 5.73. The van der Waals surface area contributed by atoms with Crippen LogP contribution in [0.5, 0.6) is 0 Å². The van der Waals surface area contributed by atoms with Crippen LogP contribution in [0.3, 0.4) is 0 Å². The van der Waals surface area contributed by atoms with Crippen molar-refractivity contribution in [3.63, 3.8) is 0 Å². The van der Waals surface area contributed by atoms with Crippen LogP contribution in [0.25, 0.3) is 11.3 Å². The van der Waals surface area contributed by atoms with Gasteiger partial charge in [0.25, 0.3) is 0 Å². The van der Waals surface area contributed by atoms with E-state index in [4.69, 9.17) is 5.26 Å². The molecule has 1 aromatic carbocycles. The van der Waals surface area contributed by atoms with Crippen molar-refractivity contribution < 1.29 is 9.59 Å². The Kier molecular flexibility index (Phi) is 6.95. The second-order valence-corrected chi connectivity index (χ2v) is 8.77. The van der Waals surface area contributed by atoms with E-state index in [-0.39, 0.29) is 17.7 Å². The topological polar surface area (TPSA) is 111 Å². The molecule has 2 N–H and O–H groups in total. The van der Waals surface area contributed by atoms with Crippen molar-refractivity contribution in [2.45, 2.75) is 26.3 Å². The lowest BCUT2D eigenvalue weighted by Gasteiger charge is -2.31. The molecule has 1 aliphatic rings. The molecule has 168 valence electrons. The minimum absolute atomic E-state index is 0.00556. The summed E-state index contributed by atoms with van der Waals surface area (Å²) in [6, 6.07) is 13.5. The Bertz CT molecular complexity index is 1160. The van der Waals surface area contributed by atoms with Crippen LogP contribution in [0.4, 0.5) is 10.9 Å². The van der Waals surface area contributed by atoms with Crippen molar-refractivity contribution in [1.82, 2.24) is 15.3 Å². The minimum atomic E-state index is -0.0694. The first-order valence-electron chi connectivity index (χ1n) is 10.7. The quantitative estimate of drug-likeness (QED) is 0.582. The zero-order chi connectivity index (χ0) is 23.2. The van der Waals surface area contributed by atoms with E-state index in [1.807, 2.05) is 35.7 Å². The number of hydrogen-bond acceptors (Lipinski definition) is 7. The van der Waals surface area contributed by atoms with Gasteiger partial charge in [-0.25, -0.2) is 9.97 Å². The van der Waals surface area contributed by atoms with Crippen molar-refractivity contribution in [3.8, 4) is 17.3 Å². The van der Waals surface area contributed by atoms with Gasteiger partial charge in [-0.3, -0.25) is 9.59 Å². The molecular weight excluding hydrogens is 436 g/mol. The highest BCUT2D eigenvalue weighted by Crippen LogP contribution is 2.27. The Labute approximate surface area is 196 Å². The summed E-state index contributed by atoms with van der Waals surface area (Å²) in [4.78, 5) is 34.9. The molecule has 8 nitrogen and oxygen atoms in total. The summed E-state index contributed by atoms with van der Waals surface area (Å²) < 4.78 is 0. The van der Waals surface area contributed by atoms with E-state index >= 15 is 0 Å². The first-order chi connectivity index (χ1) is 16.0. The maximum atomic E-state index is 12.8. The molecule has 2 amide bonds. The van der Waals surface area contributed by atoms with Crippen LogP contribution in [0.1, 0.15) is 30.9 Å². The van der Waals surface area contributed by atoms with Crippen molar-refractivity contribution in [3.05, 3.63) is 59.1 Å². The van der Waals surface area contributed by atoms with E-state index in [2.05, 4.69) is 31.6 Å². The molecule has 0 radical (unpaired) electrons. The van der Waals surface area contributed by atoms with Crippen molar-refractivity contribution in [2.24, 2.45) is 5.92 Å². The number of anilines is 2. The normalized spacial score (nSPS) is 13.9. The van der Waals surface area contributed by atoms with Crippen LogP contribution in [-0.4, -0.2) is 34.9 Å². The Morgan fingerprint density at radius 3 is 2.58 bits per heavy atom. The van der Waals surface area contributed by atoms with Crippen molar-refractivity contribution >= 4 is 34.1 Å². The fraction of sp³-hybridized carbons (Fsp3) is 0.292. The molecule has 0 saturated carbocycles. The van der Waals surface area contributed by atoms with Gasteiger partial charge >= 0.3 is 0 Å². The molecule has 9 heteroatoms. The number of carbonyl (C=O) groups excluding carboxylic acids is 2. The highest BCUT2D eigenvalue weighted by atomic mass is 32.1. The monoisotopic (exact) mass is 460 g/mol. The first kappa shape index (κ1) is 22.4. The maximum Gasteiger partial charge on any atom is 0.229 e. The number of hydrogen-bond donors (Lipinski definition) is 2. The van der Waals surface area contributed by atoms with E-state index < -0.39 is 0 Å². The number of benzene rings is 1. The summed E-state index contributed by atoms with van der Waals surface area (Å²) in [6.07, 6.45) is 3.05. The van der Waals surface area contributed by atoms with Gasteiger partial charge < -0.3 is 15.5 Å². The molecule has 0 unspecified atom stereocenters. The third-order valence-corrected chi connectivity index (χ3v) is 6.35. The lowest BCUT2D eigenvalue weighted by molar-refractivity contribution is -0.120.